The number of carbonyl (C=O) groups excluding carboxylic acids is 1. The minimum absolute atomic E-state index is 0. The lowest BCUT2D eigenvalue weighted by molar-refractivity contribution is -0.138. The van der Waals surface area contributed by atoms with Crippen LogP contribution in [0.2, 0.25) is 0 Å². The van der Waals surface area contributed by atoms with Crippen molar-refractivity contribution in [2.75, 3.05) is 33.9 Å². The van der Waals surface area contributed by atoms with Crippen molar-refractivity contribution in [3.8, 4) is 5.75 Å². The summed E-state index contributed by atoms with van der Waals surface area (Å²) in [4.78, 5) is 17.5. The molecule has 0 bridgehead atoms. The molecule has 170 valence electrons. The van der Waals surface area contributed by atoms with Gasteiger partial charge in [-0.15, -0.1) is 24.0 Å². The molecular weight excluding hydrogens is 516 g/mol. The van der Waals surface area contributed by atoms with Crippen LogP contribution in [-0.2, 0) is 17.5 Å². The molecule has 1 aromatic carbocycles. The van der Waals surface area contributed by atoms with Crippen LogP contribution in [0.3, 0.4) is 0 Å². The molecule has 1 amide bonds. The van der Waals surface area contributed by atoms with Crippen LogP contribution in [0.25, 0.3) is 0 Å². The third-order valence-corrected chi connectivity index (χ3v) is 4.65. The Labute approximate surface area is 191 Å². The Balaban J connectivity index is 0.00000450. The van der Waals surface area contributed by atoms with Gasteiger partial charge in [0.2, 0.25) is 0 Å². The molecule has 1 aromatic rings. The molecule has 1 aliphatic rings. The van der Waals surface area contributed by atoms with Crippen molar-refractivity contribution in [1.29, 1.82) is 0 Å². The summed E-state index contributed by atoms with van der Waals surface area (Å²) in [6, 6.07) is 3.93. The Hall–Kier alpha value is -1.92. The van der Waals surface area contributed by atoms with Gasteiger partial charge in [-0.2, -0.15) is 13.2 Å². The Morgan fingerprint density at radius 2 is 1.97 bits per heavy atom. The zero-order valence-electron chi connectivity index (χ0n) is 17.2. The Morgan fingerprint density at radius 3 is 2.50 bits per heavy atom. The fraction of sp³-hybridized carbons (Fsp3) is 0.579. The Bertz CT molecular complexity index is 723. The number of methoxy groups -OCH3 is 1. The van der Waals surface area contributed by atoms with Gasteiger partial charge >= 0.3 is 12.3 Å². The van der Waals surface area contributed by atoms with E-state index in [1.807, 2.05) is 0 Å². The first-order chi connectivity index (χ1) is 13.8. The van der Waals surface area contributed by atoms with E-state index in [1.54, 1.807) is 18.9 Å². The van der Waals surface area contributed by atoms with E-state index in [2.05, 4.69) is 15.6 Å². The summed E-state index contributed by atoms with van der Waals surface area (Å²) in [5, 5.41) is 6.13. The van der Waals surface area contributed by atoms with Gasteiger partial charge in [-0.3, -0.25) is 4.99 Å². The fourth-order valence-corrected chi connectivity index (χ4v) is 3.09. The summed E-state index contributed by atoms with van der Waals surface area (Å²) in [6.45, 7) is 3.14. The lowest BCUT2D eigenvalue weighted by Gasteiger charge is -2.32. The largest absolute Gasteiger partial charge is 0.497 e. The summed E-state index contributed by atoms with van der Waals surface area (Å²) in [6.07, 6.45) is -3.43. The second kappa shape index (κ2) is 12.1. The SMILES string of the molecule is CCOC(=O)N1CCC(NC(=NC)NCc2ccc(OC)cc2C(F)(F)F)CC1.I. The van der Waals surface area contributed by atoms with E-state index in [0.29, 0.717) is 38.5 Å². The van der Waals surface area contributed by atoms with Gasteiger partial charge in [-0.1, -0.05) is 6.07 Å². The predicted molar refractivity (Wildman–Crippen MR) is 118 cm³/mol. The number of rotatable bonds is 5. The van der Waals surface area contributed by atoms with Crippen LogP contribution in [0, 0.1) is 0 Å². The first-order valence-electron chi connectivity index (χ1n) is 9.41. The smallest absolute Gasteiger partial charge is 0.416 e. The summed E-state index contributed by atoms with van der Waals surface area (Å²) in [5.41, 5.74) is -0.652. The average molecular weight is 544 g/mol. The number of nitrogens with one attached hydrogen (secondary N) is 2. The van der Waals surface area contributed by atoms with Gasteiger partial charge in [-0.25, -0.2) is 4.79 Å². The van der Waals surface area contributed by atoms with Gasteiger partial charge in [0.05, 0.1) is 19.3 Å². The quantitative estimate of drug-likeness (QED) is 0.337. The number of alkyl halides is 3. The molecule has 30 heavy (non-hydrogen) atoms. The fourth-order valence-electron chi connectivity index (χ4n) is 3.09. The number of nitrogens with zero attached hydrogens (tertiary/aromatic N) is 2. The lowest BCUT2D eigenvalue weighted by atomic mass is 10.1. The highest BCUT2D eigenvalue weighted by Crippen LogP contribution is 2.34. The number of ether oxygens (including phenoxy) is 2. The van der Waals surface area contributed by atoms with Gasteiger partial charge in [-0.05, 0) is 37.5 Å². The van der Waals surface area contributed by atoms with Crippen LogP contribution in [0.4, 0.5) is 18.0 Å². The van der Waals surface area contributed by atoms with E-state index >= 15 is 0 Å². The van der Waals surface area contributed by atoms with Gasteiger partial charge in [0.25, 0.3) is 0 Å². The van der Waals surface area contributed by atoms with E-state index in [-0.39, 0.29) is 54.0 Å². The molecule has 0 radical (unpaired) electrons. The molecule has 1 fully saturated rings. The highest BCUT2D eigenvalue weighted by Gasteiger charge is 2.34. The molecule has 0 spiro atoms. The van der Waals surface area contributed by atoms with Gasteiger partial charge in [0.15, 0.2) is 5.96 Å². The Morgan fingerprint density at radius 1 is 1.30 bits per heavy atom. The molecule has 1 heterocycles. The third-order valence-electron chi connectivity index (χ3n) is 4.65. The van der Waals surface area contributed by atoms with Crippen molar-refractivity contribution < 1.29 is 27.4 Å². The monoisotopic (exact) mass is 544 g/mol. The molecular formula is C19H28F3IN4O3. The minimum atomic E-state index is -4.48. The van der Waals surface area contributed by atoms with E-state index in [1.165, 1.54) is 19.2 Å². The number of halogens is 4. The zero-order valence-corrected chi connectivity index (χ0v) is 19.5. The maximum absolute atomic E-state index is 13.3. The topological polar surface area (TPSA) is 75.2 Å². The molecule has 1 saturated heterocycles. The predicted octanol–water partition coefficient (Wildman–Crippen LogP) is 3.62. The number of piperidine rings is 1. The number of hydrogen-bond donors (Lipinski definition) is 2. The van der Waals surface area contributed by atoms with E-state index in [0.717, 1.165) is 6.07 Å². The molecule has 0 aliphatic carbocycles. The molecule has 11 heteroatoms. The molecule has 2 rings (SSSR count). The summed E-state index contributed by atoms with van der Waals surface area (Å²) < 4.78 is 49.9. The Kier molecular flexibility index (Phi) is 10.5. The van der Waals surface area contributed by atoms with Crippen molar-refractivity contribution in [2.45, 2.75) is 38.5 Å². The van der Waals surface area contributed by atoms with Crippen LogP contribution in [0.5, 0.6) is 5.75 Å². The first-order valence-corrected chi connectivity index (χ1v) is 9.41. The van der Waals surface area contributed by atoms with Gasteiger partial charge < -0.3 is 25.0 Å². The highest BCUT2D eigenvalue weighted by molar-refractivity contribution is 14.0. The first kappa shape index (κ1) is 26.1. The number of likely N-dealkylation sites (tertiary alicyclic amines) is 1. The van der Waals surface area contributed by atoms with Crippen molar-refractivity contribution in [3.05, 3.63) is 29.3 Å². The van der Waals surface area contributed by atoms with Crippen molar-refractivity contribution >= 4 is 36.0 Å². The molecule has 2 N–H and O–H groups in total. The number of guanidine groups is 1. The normalized spacial score (nSPS) is 15.3. The molecule has 0 aromatic heterocycles. The van der Waals surface area contributed by atoms with E-state index < -0.39 is 11.7 Å². The number of carbonyl (C=O) groups is 1. The van der Waals surface area contributed by atoms with Crippen LogP contribution < -0.4 is 15.4 Å². The molecule has 0 atom stereocenters. The van der Waals surface area contributed by atoms with E-state index in [4.69, 9.17) is 9.47 Å². The molecule has 7 nitrogen and oxygen atoms in total. The van der Waals surface area contributed by atoms with Gasteiger partial charge in [0, 0.05) is 32.7 Å². The van der Waals surface area contributed by atoms with Crippen molar-refractivity contribution in [3.63, 3.8) is 0 Å². The molecule has 0 unspecified atom stereocenters. The van der Waals surface area contributed by atoms with Crippen LogP contribution in [-0.4, -0.2) is 56.8 Å². The number of benzene rings is 1. The zero-order chi connectivity index (χ0) is 21.4. The summed E-state index contributed by atoms with van der Waals surface area (Å²) in [7, 11) is 2.88. The van der Waals surface area contributed by atoms with Gasteiger partial charge in [0.1, 0.15) is 5.75 Å². The number of amides is 1. The summed E-state index contributed by atoms with van der Waals surface area (Å²) in [5.74, 6) is 0.556. The van der Waals surface area contributed by atoms with Crippen LogP contribution in [0.1, 0.15) is 30.9 Å². The molecule has 1 aliphatic heterocycles. The standard InChI is InChI=1S/C19H27F3N4O3.HI/c1-4-29-18(27)26-9-7-14(8-10-26)25-17(23-2)24-12-13-5-6-15(28-3)11-16(13)19(20,21)22;/h5-6,11,14H,4,7-10,12H2,1-3H3,(H2,23,24,25);1H. The minimum Gasteiger partial charge on any atom is -0.497 e. The third kappa shape index (κ3) is 7.40. The van der Waals surface area contributed by atoms with Crippen molar-refractivity contribution in [1.82, 2.24) is 15.5 Å². The van der Waals surface area contributed by atoms with E-state index in [9.17, 15) is 18.0 Å². The summed E-state index contributed by atoms with van der Waals surface area (Å²) >= 11 is 0. The maximum Gasteiger partial charge on any atom is 0.416 e. The maximum atomic E-state index is 13.3. The number of hydrogen-bond acceptors (Lipinski definition) is 4. The van der Waals surface area contributed by atoms with Crippen LogP contribution in [0.15, 0.2) is 23.2 Å². The molecule has 0 saturated carbocycles. The highest BCUT2D eigenvalue weighted by atomic mass is 127. The van der Waals surface area contributed by atoms with Crippen molar-refractivity contribution in [2.24, 2.45) is 4.99 Å². The average Bonchev–Trinajstić information content (AvgIpc) is 2.71. The number of aliphatic imine (C=N–C) groups is 1. The lowest BCUT2D eigenvalue weighted by Crippen LogP contribution is -2.49. The van der Waals surface area contributed by atoms with Crippen LogP contribution >= 0.6 is 24.0 Å². The second-order valence-electron chi connectivity index (χ2n) is 6.55. The second-order valence-corrected chi connectivity index (χ2v) is 6.55.